The van der Waals surface area contributed by atoms with Crippen molar-refractivity contribution in [2.24, 2.45) is 0 Å². The molecule has 102 valence electrons. The van der Waals surface area contributed by atoms with E-state index >= 15 is 0 Å². The van der Waals surface area contributed by atoms with Gasteiger partial charge in [-0.3, -0.25) is 0 Å². The molecular formula is C16H27NO. The Balaban J connectivity index is 2.51. The summed E-state index contributed by atoms with van der Waals surface area (Å²) in [5.74, 6) is 0.966. The first kappa shape index (κ1) is 15.0. The molecule has 1 rings (SSSR count). The Kier molecular flexibility index (Phi) is 6.81. The van der Waals surface area contributed by atoms with Crippen LogP contribution in [0.5, 0.6) is 5.75 Å². The summed E-state index contributed by atoms with van der Waals surface area (Å²) >= 11 is 0. The third-order valence-corrected chi connectivity index (χ3v) is 3.00. The fourth-order valence-electron chi connectivity index (χ4n) is 2.06. The molecule has 1 aromatic rings. The summed E-state index contributed by atoms with van der Waals surface area (Å²) in [6.07, 6.45) is 3.91. The summed E-state index contributed by atoms with van der Waals surface area (Å²) < 4.78 is 5.71. The van der Waals surface area contributed by atoms with E-state index in [4.69, 9.17) is 4.74 Å². The van der Waals surface area contributed by atoms with Gasteiger partial charge in [-0.05, 0) is 44.4 Å². The van der Waals surface area contributed by atoms with E-state index < -0.39 is 0 Å². The van der Waals surface area contributed by atoms with E-state index in [0.717, 1.165) is 12.3 Å². The number of hydrogen-bond acceptors (Lipinski definition) is 2. The molecule has 0 aliphatic heterocycles. The van der Waals surface area contributed by atoms with E-state index in [1.807, 2.05) is 6.07 Å². The molecule has 0 fully saturated rings. The molecule has 18 heavy (non-hydrogen) atoms. The first-order valence-electron chi connectivity index (χ1n) is 7.14. The van der Waals surface area contributed by atoms with Crippen molar-refractivity contribution >= 4 is 0 Å². The topological polar surface area (TPSA) is 21.3 Å². The van der Waals surface area contributed by atoms with Gasteiger partial charge in [0.05, 0.1) is 6.10 Å². The lowest BCUT2D eigenvalue weighted by Gasteiger charge is -2.16. The van der Waals surface area contributed by atoms with Crippen molar-refractivity contribution in [1.29, 1.82) is 0 Å². The molecule has 1 N–H and O–H groups in total. The van der Waals surface area contributed by atoms with Crippen LogP contribution in [0, 0.1) is 0 Å². The second-order valence-corrected chi connectivity index (χ2v) is 5.09. The van der Waals surface area contributed by atoms with Gasteiger partial charge in [0.1, 0.15) is 5.75 Å². The van der Waals surface area contributed by atoms with Crippen molar-refractivity contribution < 1.29 is 4.74 Å². The molecule has 1 aromatic carbocycles. The monoisotopic (exact) mass is 249 g/mol. The van der Waals surface area contributed by atoms with E-state index in [-0.39, 0.29) is 6.10 Å². The first-order valence-corrected chi connectivity index (χ1v) is 7.14. The molecule has 0 aromatic heterocycles. The zero-order valence-corrected chi connectivity index (χ0v) is 12.2. The van der Waals surface area contributed by atoms with Gasteiger partial charge in [0.15, 0.2) is 0 Å². The van der Waals surface area contributed by atoms with Gasteiger partial charge in [-0.2, -0.15) is 0 Å². The largest absolute Gasteiger partial charge is 0.491 e. The van der Waals surface area contributed by atoms with Crippen LogP contribution in [-0.4, -0.2) is 12.1 Å². The molecule has 0 amide bonds. The zero-order valence-electron chi connectivity index (χ0n) is 12.2. The minimum absolute atomic E-state index is 0.233. The SMILES string of the molecule is CCCC(CC)NCc1cccc(OC(C)C)c1. The van der Waals surface area contributed by atoms with Gasteiger partial charge < -0.3 is 10.1 Å². The molecular weight excluding hydrogens is 222 g/mol. The average molecular weight is 249 g/mol. The van der Waals surface area contributed by atoms with E-state index in [1.54, 1.807) is 0 Å². The van der Waals surface area contributed by atoms with Crippen LogP contribution in [-0.2, 0) is 6.54 Å². The quantitative estimate of drug-likeness (QED) is 0.747. The van der Waals surface area contributed by atoms with Crippen molar-refractivity contribution in [3.05, 3.63) is 29.8 Å². The van der Waals surface area contributed by atoms with Crippen LogP contribution in [0.25, 0.3) is 0 Å². The Morgan fingerprint density at radius 2 is 2.00 bits per heavy atom. The molecule has 0 aliphatic rings. The lowest BCUT2D eigenvalue weighted by Crippen LogP contribution is -2.27. The minimum atomic E-state index is 0.233. The Labute approximate surface area is 112 Å². The third-order valence-electron chi connectivity index (χ3n) is 3.00. The van der Waals surface area contributed by atoms with Gasteiger partial charge in [0.2, 0.25) is 0 Å². The molecule has 0 saturated heterocycles. The van der Waals surface area contributed by atoms with E-state index in [2.05, 4.69) is 51.2 Å². The van der Waals surface area contributed by atoms with Crippen molar-refractivity contribution in [1.82, 2.24) is 5.32 Å². The Hall–Kier alpha value is -1.02. The van der Waals surface area contributed by atoms with E-state index in [1.165, 1.54) is 24.8 Å². The second-order valence-electron chi connectivity index (χ2n) is 5.09. The molecule has 0 aliphatic carbocycles. The van der Waals surface area contributed by atoms with Crippen molar-refractivity contribution in [2.45, 2.75) is 65.6 Å². The van der Waals surface area contributed by atoms with E-state index in [9.17, 15) is 0 Å². The van der Waals surface area contributed by atoms with Gasteiger partial charge in [-0.15, -0.1) is 0 Å². The smallest absolute Gasteiger partial charge is 0.120 e. The summed E-state index contributed by atoms with van der Waals surface area (Å²) in [5, 5.41) is 3.61. The lowest BCUT2D eigenvalue weighted by molar-refractivity contribution is 0.242. The third kappa shape index (κ3) is 5.54. The molecule has 0 radical (unpaired) electrons. The number of ether oxygens (including phenoxy) is 1. The Morgan fingerprint density at radius 1 is 1.22 bits per heavy atom. The van der Waals surface area contributed by atoms with Crippen molar-refractivity contribution in [3.8, 4) is 5.75 Å². The second kappa shape index (κ2) is 8.15. The lowest BCUT2D eigenvalue weighted by atomic mass is 10.1. The maximum Gasteiger partial charge on any atom is 0.120 e. The van der Waals surface area contributed by atoms with Crippen LogP contribution in [0.1, 0.15) is 52.5 Å². The van der Waals surface area contributed by atoms with Crippen LogP contribution in [0.3, 0.4) is 0 Å². The predicted octanol–water partition coefficient (Wildman–Crippen LogP) is 4.14. The molecule has 1 unspecified atom stereocenters. The molecule has 2 heteroatoms. The Morgan fingerprint density at radius 3 is 2.61 bits per heavy atom. The highest BCUT2D eigenvalue weighted by molar-refractivity contribution is 5.28. The fraction of sp³-hybridized carbons (Fsp3) is 0.625. The summed E-state index contributed by atoms with van der Waals surface area (Å²) in [6, 6.07) is 9.00. The molecule has 2 nitrogen and oxygen atoms in total. The maximum absolute atomic E-state index is 5.71. The van der Waals surface area contributed by atoms with Gasteiger partial charge >= 0.3 is 0 Å². The highest BCUT2D eigenvalue weighted by Crippen LogP contribution is 2.15. The molecule has 0 heterocycles. The van der Waals surface area contributed by atoms with Gasteiger partial charge in [0, 0.05) is 12.6 Å². The number of benzene rings is 1. The van der Waals surface area contributed by atoms with Crippen LogP contribution in [0.15, 0.2) is 24.3 Å². The van der Waals surface area contributed by atoms with Crippen LogP contribution < -0.4 is 10.1 Å². The minimum Gasteiger partial charge on any atom is -0.491 e. The number of hydrogen-bond donors (Lipinski definition) is 1. The fourth-order valence-corrected chi connectivity index (χ4v) is 2.06. The van der Waals surface area contributed by atoms with E-state index in [0.29, 0.717) is 6.04 Å². The van der Waals surface area contributed by atoms with Crippen LogP contribution >= 0.6 is 0 Å². The Bertz CT molecular complexity index is 336. The van der Waals surface area contributed by atoms with Crippen LogP contribution in [0.4, 0.5) is 0 Å². The van der Waals surface area contributed by atoms with Gasteiger partial charge in [-0.1, -0.05) is 32.4 Å². The standard InChI is InChI=1S/C16H27NO/c1-5-8-15(6-2)17-12-14-9-7-10-16(11-14)18-13(3)4/h7,9-11,13,15,17H,5-6,8,12H2,1-4H3. The number of rotatable bonds is 8. The number of nitrogens with one attached hydrogen (secondary N) is 1. The predicted molar refractivity (Wildman–Crippen MR) is 78.0 cm³/mol. The molecule has 0 spiro atoms. The highest BCUT2D eigenvalue weighted by atomic mass is 16.5. The maximum atomic E-state index is 5.71. The van der Waals surface area contributed by atoms with Crippen molar-refractivity contribution in [3.63, 3.8) is 0 Å². The first-order chi connectivity index (χ1) is 8.65. The van der Waals surface area contributed by atoms with Crippen LogP contribution in [0.2, 0.25) is 0 Å². The van der Waals surface area contributed by atoms with Crippen molar-refractivity contribution in [2.75, 3.05) is 0 Å². The summed E-state index contributed by atoms with van der Waals surface area (Å²) in [6.45, 7) is 9.51. The summed E-state index contributed by atoms with van der Waals surface area (Å²) in [4.78, 5) is 0. The molecule has 0 bridgehead atoms. The molecule has 0 saturated carbocycles. The normalized spacial score (nSPS) is 12.7. The summed E-state index contributed by atoms with van der Waals surface area (Å²) in [7, 11) is 0. The molecule has 1 atom stereocenters. The van der Waals surface area contributed by atoms with Gasteiger partial charge in [0.25, 0.3) is 0 Å². The average Bonchev–Trinajstić information content (AvgIpc) is 2.34. The zero-order chi connectivity index (χ0) is 13.4. The highest BCUT2D eigenvalue weighted by Gasteiger charge is 2.05. The summed E-state index contributed by atoms with van der Waals surface area (Å²) in [5.41, 5.74) is 1.29. The van der Waals surface area contributed by atoms with Gasteiger partial charge in [-0.25, -0.2) is 0 Å².